The van der Waals surface area contributed by atoms with Gasteiger partial charge in [-0.2, -0.15) is 0 Å². The number of benzene rings is 1. The second-order valence-corrected chi connectivity index (χ2v) is 4.06. The van der Waals surface area contributed by atoms with E-state index in [0.717, 1.165) is 11.3 Å². The number of carboxylic acids is 1. The Bertz CT molecular complexity index is 459. The lowest BCUT2D eigenvalue weighted by Gasteiger charge is -2.32. The highest BCUT2D eigenvalue weighted by atomic mass is 16.4. The van der Waals surface area contributed by atoms with Gasteiger partial charge in [-0.15, -0.1) is 0 Å². The number of nitrogens with one attached hydrogen (secondary N) is 1. The monoisotopic (exact) mass is 234 g/mol. The molecule has 1 aromatic rings. The first-order valence-electron chi connectivity index (χ1n) is 5.42. The van der Waals surface area contributed by atoms with Crippen molar-refractivity contribution in [2.45, 2.75) is 13.0 Å². The molecule has 1 aliphatic rings. The number of aliphatic carboxylic acids is 1. The molecule has 1 heterocycles. The Balaban J connectivity index is 2.27. The quantitative estimate of drug-likeness (QED) is 0.776. The number of para-hydroxylation sites is 1. The minimum absolute atomic E-state index is 0.0608. The second-order valence-electron chi connectivity index (χ2n) is 4.06. The predicted molar refractivity (Wildman–Crippen MR) is 63.0 cm³/mol. The van der Waals surface area contributed by atoms with Crippen molar-refractivity contribution in [3.8, 4) is 0 Å². The van der Waals surface area contributed by atoms with E-state index in [0.29, 0.717) is 0 Å². The van der Waals surface area contributed by atoms with Crippen LogP contribution in [0.4, 0.5) is 5.69 Å². The minimum Gasteiger partial charge on any atom is -0.480 e. The smallest absolute Gasteiger partial charge is 0.322 e. The number of hydrogen-bond donors (Lipinski definition) is 2. The van der Waals surface area contributed by atoms with Crippen LogP contribution in [0.15, 0.2) is 24.3 Å². The molecule has 1 aromatic carbocycles. The molecule has 1 amide bonds. The van der Waals surface area contributed by atoms with Crippen LogP contribution < -0.4 is 10.2 Å². The van der Waals surface area contributed by atoms with E-state index in [1.165, 1.54) is 4.90 Å². The summed E-state index contributed by atoms with van der Waals surface area (Å²) in [6.07, 6.45) is 0. The second kappa shape index (κ2) is 4.55. The summed E-state index contributed by atoms with van der Waals surface area (Å²) in [5.74, 6) is -1.03. The number of hydrogen-bond acceptors (Lipinski definition) is 3. The van der Waals surface area contributed by atoms with Crippen molar-refractivity contribution in [3.63, 3.8) is 0 Å². The molecular weight excluding hydrogens is 220 g/mol. The highest BCUT2D eigenvalue weighted by Crippen LogP contribution is 2.21. The van der Waals surface area contributed by atoms with Crippen molar-refractivity contribution in [2.75, 3.05) is 18.0 Å². The maximum atomic E-state index is 11.8. The molecule has 90 valence electrons. The Morgan fingerprint density at radius 1 is 1.47 bits per heavy atom. The topological polar surface area (TPSA) is 69.6 Å². The van der Waals surface area contributed by atoms with Gasteiger partial charge >= 0.3 is 5.97 Å². The van der Waals surface area contributed by atoms with E-state index in [4.69, 9.17) is 5.11 Å². The predicted octanol–water partition coefficient (Wildman–Crippen LogP) is 0.384. The van der Waals surface area contributed by atoms with Gasteiger partial charge in [0.05, 0.1) is 13.1 Å². The summed E-state index contributed by atoms with van der Waals surface area (Å²) in [7, 11) is 0. The minimum atomic E-state index is -0.934. The molecule has 0 aliphatic carbocycles. The summed E-state index contributed by atoms with van der Waals surface area (Å²) in [5, 5.41) is 11.7. The molecule has 0 spiro atoms. The first-order valence-corrected chi connectivity index (χ1v) is 5.42. The van der Waals surface area contributed by atoms with Crippen LogP contribution in [0.25, 0.3) is 0 Å². The number of carbonyl (C=O) groups is 2. The zero-order valence-electron chi connectivity index (χ0n) is 9.51. The lowest BCUT2D eigenvalue weighted by molar-refractivity contribution is -0.139. The van der Waals surface area contributed by atoms with Crippen LogP contribution in [0.2, 0.25) is 0 Å². The van der Waals surface area contributed by atoms with Gasteiger partial charge in [-0.3, -0.25) is 14.9 Å². The van der Waals surface area contributed by atoms with Crippen LogP contribution in [0.5, 0.6) is 0 Å². The van der Waals surface area contributed by atoms with Gasteiger partial charge in [-0.25, -0.2) is 0 Å². The first-order chi connectivity index (χ1) is 8.09. The van der Waals surface area contributed by atoms with Gasteiger partial charge in [0.15, 0.2) is 0 Å². The van der Waals surface area contributed by atoms with E-state index in [1.54, 1.807) is 0 Å². The molecule has 1 saturated heterocycles. The van der Waals surface area contributed by atoms with Gasteiger partial charge in [0, 0.05) is 5.69 Å². The average Bonchev–Trinajstić information content (AvgIpc) is 2.30. The Morgan fingerprint density at radius 2 is 2.18 bits per heavy atom. The number of carbonyl (C=O) groups excluding carboxylic acids is 1. The summed E-state index contributed by atoms with van der Waals surface area (Å²) >= 11 is 0. The molecule has 17 heavy (non-hydrogen) atoms. The summed E-state index contributed by atoms with van der Waals surface area (Å²) in [6.45, 7) is 2.13. The maximum absolute atomic E-state index is 11.8. The van der Waals surface area contributed by atoms with E-state index in [1.807, 2.05) is 31.2 Å². The molecule has 2 N–H and O–H groups in total. The number of anilines is 1. The van der Waals surface area contributed by atoms with Crippen LogP contribution in [-0.2, 0) is 9.59 Å². The van der Waals surface area contributed by atoms with Gasteiger partial charge in [-0.1, -0.05) is 18.2 Å². The van der Waals surface area contributed by atoms with Crippen LogP contribution in [0, 0.1) is 6.92 Å². The molecule has 1 unspecified atom stereocenters. The third-order valence-electron chi connectivity index (χ3n) is 2.87. The Kier molecular flexibility index (Phi) is 3.10. The van der Waals surface area contributed by atoms with Crippen LogP contribution in [0.3, 0.4) is 0 Å². The SMILES string of the molecule is Cc1ccccc1N1CC(C(=O)O)NCC1=O. The summed E-state index contributed by atoms with van der Waals surface area (Å²) in [5.41, 5.74) is 1.75. The Hall–Kier alpha value is -1.88. The fourth-order valence-corrected chi connectivity index (χ4v) is 1.92. The van der Waals surface area contributed by atoms with Crippen molar-refractivity contribution in [1.29, 1.82) is 0 Å². The van der Waals surface area contributed by atoms with Gasteiger partial charge in [-0.05, 0) is 18.6 Å². The van der Waals surface area contributed by atoms with Crippen LogP contribution in [0.1, 0.15) is 5.56 Å². The van der Waals surface area contributed by atoms with Crippen LogP contribution >= 0.6 is 0 Å². The van der Waals surface area contributed by atoms with Gasteiger partial charge in [0.1, 0.15) is 6.04 Å². The van der Waals surface area contributed by atoms with E-state index in [-0.39, 0.29) is 19.0 Å². The molecule has 1 aliphatic heterocycles. The molecule has 1 fully saturated rings. The standard InChI is InChI=1S/C12H14N2O3/c1-8-4-2-3-5-10(8)14-7-9(12(16)17)13-6-11(14)15/h2-5,9,13H,6-7H2,1H3,(H,16,17). The van der Waals surface area contributed by atoms with Gasteiger partial charge < -0.3 is 10.0 Å². The molecule has 1 atom stereocenters. The molecule has 0 bridgehead atoms. The summed E-state index contributed by atoms with van der Waals surface area (Å²) in [6, 6.07) is 6.76. The lowest BCUT2D eigenvalue weighted by atomic mass is 10.1. The molecular formula is C12H14N2O3. The fraction of sp³-hybridized carbons (Fsp3) is 0.333. The van der Waals surface area contributed by atoms with Crippen molar-refractivity contribution >= 4 is 17.6 Å². The molecule has 5 heteroatoms. The third kappa shape index (κ3) is 2.29. The Morgan fingerprint density at radius 3 is 2.82 bits per heavy atom. The number of nitrogens with zero attached hydrogens (tertiary/aromatic N) is 1. The van der Waals surface area contributed by atoms with E-state index in [9.17, 15) is 9.59 Å². The zero-order chi connectivity index (χ0) is 12.4. The number of aryl methyl sites for hydroxylation is 1. The molecule has 0 saturated carbocycles. The van der Waals surface area contributed by atoms with E-state index < -0.39 is 12.0 Å². The summed E-state index contributed by atoms with van der Waals surface area (Å²) in [4.78, 5) is 24.2. The van der Waals surface area contributed by atoms with Crippen molar-refractivity contribution in [1.82, 2.24) is 5.32 Å². The van der Waals surface area contributed by atoms with Crippen molar-refractivity contribution < 1.29 is 14.7 Å². The highest BCUT2D eigenvalue weighted by Gasteiger charge is 2.30. The fourth-order valence-electron chi connectivity index (χ4n) is 1.92. The van der Waals surface area contributed by atoms with Crippen LogP contribution in [-0.4, -0.2) is 36.1 Å². The molecule has 5 nitrogen and oxygen atoms in total. The third-order valence-corrected chi connectivity index (χ3v) is 2.87. The van der Waals surface area contributed by atoms with Gasteiger partial charge in [0.2, 0.25) is 5.91 Å². The highest BCUT2D eigenvalue weighted by molar-refractivity contribution is 5.98. The average molecular weight is 234 g/mol. The number of carboxylic acid groups (broad SMARTS) is 1. The van der Waals surface area contributed by atoms with E-state index >= 15 is 0 Å². The first kappa shape index (κ1) is 11.6. The van der Waals surface area contributed by atoms with E-state index in [2.05, 4.69) is 5.32 Å². The zero-order valence-corrected chi connectivity index (χ0v) is 9.51. The lowest BCUT2D eigenvalue weighted by Crippen LogP contribution is -2.57. The summed E-state index contributed by atoms with van der Waals surface area (Å²) < 4.78 is 0. The van der Waals surface area contributed by atoms with Crippen molar-refractivity contribution in [2.24, 2.45) is 0 Å². The number of rotatable bonds is 2. The molecule has 2 rings (SSSR count). The largest absolute Gasteiger partial charge is 0.480 e. The normalized spacial score (nSPS) is 20.4. The number of piperazine rings is 1. The maximum Gasteiger partial charge on any atom is 0.322 e. The molecule has 0 aromatic heterocycles. The van der Waals surface area contributed by atoms with Gasteiger partial charge in [0.25, 0.3) is 0 Å². The Labute approximate surface area is 99.0 Å². The molecule has 0 radical (unpaired) electrons. The van der Waals surface area contributed by atoms with Crippen molar-refractivity contribution in [3.05, 3.63) is 29.8 Å². The number of amides is 1.